The van der Waals surface area contributed by atoms with Gasteiger partial charge in [-0.05, 0) is 61.6 Å². The first-order valence-electron chi connectivity index (χ1n) is 10.7. The fourth-order valence-electron chi connectivity index (χ4n) is 3.98. The second-order valence-corrected chi connectivity index (χ2v) is 10.2. The topological polar surface area (TPSA) is 78.5 Å². The number of benzene rings is 3. The number of carbonyl (C=O) groups is 1. The monoisotopic (exact) mass is 471 g/mol. The van der Waals surface area contributed by atoms with E-state index in [4.69, 9.17) is 11.6 Å². The predicted octanol–water partition coefficient (Wildman–Crippen LogP) is 4.26. The molecular weight excluding hydrogens is 446 g/mol. The molecule has 0 atom stereocenters. The molecule has 3 aromatic rings. The molecular formula is C24H26ClN3O3S. The van der Waals surface area contributed by atoms with Gasteiger partial charge in [0.15, 0.2) is 0 Å². The third-order valence-corrected chi connectivity index (χ3v) is 7.54. The van der Waals surface area contributed by atoms with Crippen LogP contribution in [-0.2, 0) is 14.8 Å². The molecule has 1 fully saturated rings. The average molecular weight is 472 g/mol. The number of rotatable bonds is 7. The molecule has 1 aliphatic heterocycles. The first-order chi connectivity index (χ1) is 15.4. The minimum atomic E-state index is -3.56. The summed E-state index contributed by atoms with van der Waals surface area (Å²) < 4.78 is 27.9. The highest BCUT2D eigenvalue weighted by Gasteiger charge is 2.24. The van der Waals surface area contributed by atoms with Crippen LogP contribution in [-0.4, -0.2) is 44.9 Å². The number of amides is 1. The van der Waals surface area contributed by atoms with Crippen LogP contribution in [0.2, 0.25) is 5.02 Å². The Hall–Kier alpha value is -2.45. The van der Waals surface area contributed by atoms with E-state index in [1.165, 1.54) is 12.1 Å². The second kappa shape index (κ2) is 10.0. The van der Waals surface area contributed by atoms with Crippen molar-refractivity contribution in [2.75, 3.05) is 25.0 Å². The largest absolute Gasteiger partial charge is 0.325 e. The van der Waals surface area contributed by atoms with E-state index in [-0.39, 0.29) is 16.8 Å². The summed E-state index contributed by atoms with van der Waals surface area (Å²) in [6.45, 7) is 2.14. The molecule has 1 aliphatic rings. The molecule has 1 amide bonds. The van der Waals surface area contributed by atoms with Crippen LogP contribution < -0.4 is 10.0 Å². The van der Waals surface area contributed by atoms with Crippen molar-refractivity contribution < 1.29 is 13.2 Å². The van der Waals surface area contributed by atoms with Crippen molar-refractivity contribution in [1.29, 1.82) is 0 Å². The van der Waals surface area contributed by atoms with Crippen LogP contribution in [0.15, 0.2) is 71.6 Å². The highest BCUT2D eigenvalue weighted by molar-refractivity contribution is 7.89. The highest BCUT2D eigenvalue weighted by atomic mass is 35.5. The van der Waals surface area contributed by atoms with E-state index in [2.05, 4.69) is 14.9 Å². The number of fused-ring (bicyclic) bond motifs is 1. The molecule has 0 radical (unpaired) electrons. The van der Waals surface area contributed by atoms with Crippen LogP contribution in [0.5, 0.6) is 0 Å². The summed E-state index contributed by atoms with van der Waals surface area (Å²) in [5.74, 6) is -0.0214. The van der Waals surface area contributed by atoms with Crippen LogP contribution in [0.1, 0.15) is 19.3 Å². The summed E-state index contributed by atoms with van der Waals surface area (Å²) in [5, 5.41) is 5.64. The molecule has 0 unspecified atom stereocenters. The summed E-state index contributed by atoms with van der Waals surface area (Å²) in [6.07, 6.45) is 1.81. The van der Waals surface area contributed by atoms with Crippen molar-refractivity contribution in [3.8, 4) is 0 Å². The van der Waals surface area contributed by atoms with E-state index >= 15 is 0 Å². The van der Waals surface area contributed by atoms with Crippen molar-refractivity contribution in [1.82, 2.24) is 9.62 Å². The van der Waals surface area contributed by atoms with Gasteiger partial charge in [0, 0.05) is 35.1 Å². The number of nitrogens with zero attached hydrogens (tertiary/aromatic N) is 1. The minimum absolute atomic E-state index is 0.0214. The van der Waals surface area contributed by atoms with E-state index in [9.17, 15) is 13.2 Å². The fourth-order valence-corrected chi connectivity index (χ4v) is 5.41. The normalized spacial score (nSPS) is 15.7. The van der Waals surface area contributed by atoms with E-state index in [0.717, 1.165) is 29.5 Å². The zero-order valence-corrected chi connectivity index (χ0v) is 19.2. The maximum atomic E-state index is 12.6. The number of hydrogen-bond acceptors (Lipinski definition) is 4. The maximum absolute atomic E-state index is 12.6. The highest BCUT2D eigenvalue weighted by Crippen LogP contribution is 2.23. The number of halogens is 1. The Bertz CT molecular complexity index is 1190. The molecule has 1 heterocycles. The van der Waals surface area contributed by atoms with Gasteiger partial charge < -0.3 is 10.2 Å². The lowest BCUT2D eigenvalue weighted by molar-refractivity contribution is -0.116. The first-order valence-corrected chi connectivity index (χ1v) is 12.5. The van der Waals surface area contributed by atoms with Crippen LogP contribution in [0, 0.1) is 0 Å². The van der Waals surface area contributed by atoms with E-state index in [0.29, 0.717) is 30.8 Å². The lowest BCUT2D eigenvalue weighted by atomic mass is 10.1. The van der Waals surface area contributed by atoms with Gasteiger partial charge in [0.05, 0.1) is 4.90 Å². The molecule has 32 heavy (non-hydrogen) atoms. The number of likely N-dealkylation sites (tertiary alicyclic amines) is 1. The molecule has 168 valence electrons. The number of anilines is 1. The van der Waals surface area contributed by atoms with Gasteiger partial charge in [-0.1, -0.05) is 48.0 Å². The lowest BCUT2D eigenvalue weighted by Crippen LogP contribution is -2.45. The van der Waals surface area contributed by atoms with Crippen LogP contribution >= 0.6 is 11.6 Å². The third kappa shape index (κ3) is 5.66. The van der Waals surface area contributed by atoms with E-state index in [1.54, 1.807) is 12.1 Å². The quantitative estimate of drug-likeness (QED) is 0.539. The van der Waals surface area contributed by atoms with Gasteiger partial charge in [0.2, 0.25) is 15.9 Å². The molecule has 8 heteroatoms. The average Bonchev–Trinajstić information content (AvgIpc) is 2.79. The van der Waals surface area contributed by atoms with Crippen LogP contribution in [0.25, 0.3) is 10.8 Å². The number of hydrogen-bond donors (Lipinski definition) is 2. The van der Waals surface area contributed by atoms with Gasteiger partial charge in [-0.25, -0.2) is 13.1 Å². The molecule has 3 aromatic carbocycles. The summed E-state index contributed by atoms with van der Waals surface area (Å²) in [6, 6.07) is 19.9. The van der Waals surface area contributed by atoms with Crippen molar-refractivity contribution in [3.63, 3.8) is 0 Å². The van der Waals surface area contributed by atoms with Crippen molar-refractivity contribution in [2.24, 2.45) is 0 Å². The molecule has 6 nitrogen and oxygen atoms in total. The third-order valence-electron chi connectivity index (χ3n) is 5.75. The van der Waals surface area contributed by atoms with Crippen molar-refractivity contribution in [2.45, 2.75) is 30.2 Å². The number of sulfonamides is 1. The lowest BCUT2D eigenvalue weighted by Gasteiger charge is -2.32. The second-order valence-electron chi connectivity index (χ2n) is 8.02. The molecule has 4 rings (SSSR count). The van der Waals surface area contributed by atoms with Gasteiger partial charge in [0.1, 0.15) is 0 Å². The molecule has 1 saturated heterocycles. The predicted molar refractivity (Wildman–Crippen MR) is 128 cm³/mol. The number of piperidine rings is 1. The summed E-state index contributed by atoms with van der Waals surface area (Å²) in [5.41, 5.74) is 0.823. The van der Waals surface area contributed by atoms with Gasteiger partial charge in [-0.3, -0.25) is 4.79 Å². The Balaban J connectivity index is 1.24. The Morgan fingerprint density at radius 1 is 0.969 bits per heavy atom. The fraction of sp³-hybridized carbons (Fsp3) is 0.292. The van der Waals surface area contributed by atoms with Crippen molar-refractivity contribution >= 4 is 44.0 Å². The zero-order valence-electron chi connectivity index (χ0n) is 17.6. The Morgan fingerprint density at radius 3 is 2.41 bits per heavy atom. The Morgan fingerprint density at radius 2 is 1.66 bits per heavy atom. The molecule has 0 spiro atoms. The summed E-state index contributed by atoms with van der Waals surface area (Å²) in [4.78, 5) is 14.9. The number of carbonyl (C=O) groups excluding carboxylic acids is 1. The zero-order chi connectivity index (χ0) is 22.6. The Labute approximate surface area is 193 Å². The Kier molecular flexibility index (Phi) is 7.10. The van der Waals surface area contributed by atoms with Crippen LogP contribution in [0.3, 0.4) is 0 Å². The van der Waals surface area contributed by atoms with Crippen molar-refractivity contribution in [3.05, 3.63) is 71.8 Å². The SMILES string of the molecule is O=C(CCN1CCC(NS(=O)(=O)c2ccc(Cl)cc2)CC1)Nc1cccc2ccccc12. The first kappa shape index (κ1) is 22.7. The minimum Gasteiger partial charge on any atom is -0.325 e. The summed E-state index contributed by atoms with van der Waals surface area (Å²) in [7, 11) is -3.56. The van der Waals surface area contributed by atoms with E-state index < -0.39 is 10.0 Å². The number of nitrogens with one attached hydrogen (secondary N) is 2. The maximum Gasteiger partial charge on any atom is 0.240 e. The molecule has 0 aromatic heterocycles. The molecule has 0 saturated carbocycles. The van der Waals surface area contributed by atoms with Gasteiger partial charge >= 0.3 is 0 Å². The smallest absolute Gasteiger partial charge is 0.240 e. The molecule has 0 bridgehead atoms. The summed E-state index contributed by atoms with van der Waals surface area (Å²) >= 11 is 5.84. The van der Waals surface area contributed by atoms with Gasteiger partial charge in [0.25, 0.3) is 0 Å². The molecule has 0 aliphatic carbocycles. The standard InChI is InChI=1S/C24H26ClN3O3S/c25-19-8-10-21(11-9-19)32(30,31)27-20-12-15-28(16-13-20)17-14-24(29)26-23-7-3-5-18-4-1-2-6-22(18)23/h1-11,20,27H,12-17H2,(H,26,29). The van der Waals surface area contributed by atoms with Crippen LogP contribution in [0.4, 0.5) is 5.69 Å². The van der Waals surface area contributed by atoms with Gasteiger partial charge in [-0.2, -0.15) is 0 Å². The van der Waals surface area contributed by atoms with E-state index in [1.807, 2.05) is 42.5 Å². The molecule has 2 N–H and O–H groups in total. The van der Waals surface area contributed by atoms with Gasteiger partial charge in [-0.15, -0.1) is 0 Å².